The maximum absolute atomic E-state index is 12.0. The molecular weight excluding hydrogens is 312 g/mol. The van der Waals surface area contributed by atoms with Crippen LogP contribution >= 0.6 is 0 Å². The third kappa shape index (κ3) is 6.60. The van der Waals surface area contributed by atoms with E-state index in [0.29, 0.717) is 24.6 Å². The molecule has 1 aromatic carbocycles. The summed E-state index contributed by atoms with van der Waals surface area (Å²) in [5.74, 6) is 0.721. The molecule has 0 saturated heterocycles. The van der Waals surface area contributed by atoms with E-state index >= 15 is 0 Å². The van der Waals surface area contributed by atoms with Gasteiger partial charge in [0.25, 0.3) is 0 Å². The average Bonchev–Trinajstić information content (AvgIpc) is 2.51. The Kier molecular flexibility index (Phi) is 6.45. The van der Waals surface area contributed by atoms with Gasteiger partial charge in [0.15, 0.2) is 0 Å². The minimum absolute atomic E-state index is 0.0322. The second-order valence-corrected chi connectivity index (χ2v) is 8.10. The summed E-state index contributed by atoms with van der Waals surface area (Å²) in [6.45, 7) is 0.336. The number of rotatable bonds is 7. The molecule has 0 unspecified atom stereocenters. The number of amides is 1. The van der Waals surface area contributed by atoms with Gasteiger partial charge in [0.05, 0.1) is 11.9 Å². The highest BCUT2D eigenvalue weighted by Crippen LogP contribution is 2.27. The molecule has 0 atom stereocenters. The Labute approximate surface area is 138 Å². The fraction of sp³-hybridized carbons (Fsp3) is 0.588. The number of para-hydroxylation sites is 1. The van der Waals surface area contributed by atoms with Gasteiger partial charge in [-0.25, -0.2) is 8.42 Å². The van der Waals surface area contributed by atoms with Gasteiger partial charge >= 0.3 is 0 Å². The smallest absolute Gasteiger partial charge is 0.229 e. The molecule has 5 nitrogen and oxygen atoms in total. The molecule has 1 aliphatic rings. The van der Waals surface area contributed by atoms with Crippen LogP contribution in [0.3, 0.4) is 0 Å². The van der Waals surface area contributed by atoms with Crippen LogP contribution in [-0.4, -0.2) is 20.6 Å². The van der Waals surface area contributed by atoms with E-state index in [2.05, 4.69) is 10.0 Å². The molecule has 2 N–H and O–H groups in total. The lowest BCUT2D eigenvalue weighted by Crippen LogP contribution is -2.24. The molecule has 2 rings (SSSR count). The maximum Gasteiger partial charge on any atom is 0.229 e. The summed E-state index contributed by atoms with van der Waals surface area (Å²) in [6.07, 6.45) is 9.01. The van der Waals surface area contributed by atoms with Crippen molar-refractivity contribution in [1.29, 1.82) is 0 Å². The highest BCUT2D eigenvalue weighted by molar-refractivity contribution is 7.92. The van der Waals surface area contributed by atoms with E-state index in [4.69, 9.17) is 0 Å². The third-order valence-electron chi connectivity index (χ3n) is 4.29. The second-order valence-electron chi connectivity index (χ2n) is 6.35. The minimum Gasteiger partial charge on any atom is -0.352 e. The van der Waals surface area contributed by atoms with Crippen LogP contribution in [0.15, 0.2) is 24.3 Å². The highest BCUT2D eigenvalue weighted by atomic mass is 32.2. The van der Waals surface area contributed by atoms with Crippen LogP contribution in [0.4, 0.5) is 5.69 Å². The Morgan fingerprint density at radius 1 is 1.17 bits per heavy atom. The number of nitrogens with one attached hydrogen (secondary N) is 2. The topological polar surface area (TPSA) is 75.3 Å². The first-order valence-electron chi connectivity index (χ1n) is 8.26. The van der Waals surface area contributed by atoms with Gasteiger partial charge in [0.2, 0.25) is 15.9 Å². The normalized spacial score (nSPS) is 16.0. The molecule has 0 aliphatic heterocycles. The van der Waals surface area contributed by atoms with Crippen LogP contribution in [-0.2, 0) is 21.4 Å². The van der Waals surface area contributed by atoms with Crippen LogP contribution in [0.2, 0.25) is 0 Å². The quantitative estimate of drug-likeness (QED) is 0.802. The Bertz CT molecular complexity index is 622. The van der Waals surface area contributed by atoms with Crippen LogP contribution in [0.1, 0.15) is 50.5 Å². The summed E-state index contributed by atoms with van der Waals surface area (Å²) >= 11 is 0. The van der Waals surface area contributed by atoms with E-state index < -0.39 is 10.0 Å². The first kappa shape index (κ1) is 17.8. The highest BCUT2D eigenvalue weighted by Gasteiger charge is 2.15. The van der Waals surface area contributed by atoms with Gasteiger partial charge in [-0.1, -0.05) is 50.3 Å². The minimum atomic E-state index is -3.33. The fourth-order valence-electron chi connectivity index (χ4n) is 3.07. The van der Waals surface area contributed by atoms with Crippen LogP contribution < -0.4 is 10.0 Å². The number of carbonyl (C=O) groups is 1. The lowest BCUT2D eigenvalue weighted by Gasteiger charge is -2.21. The standard InChI is InChI=1S/C17H26N2O3S/c1-23(21,22)19-16-10-6-5-9-15(16)13-18-17(20)12-11-14-7-3-2-4-8-14/h5-6,9-10,14,19H,2-4,7-8,11-13H2,1H3,(H,18,20). The van der Waals surface area contributed by atoms with E-state index in [0.717, 1.165) is 18.2 Å². The predicted molar refractivity (Wildman–Crippen MR) is 92.6 cm³/mol. The number of anilines is 1. The first-order chi connectivity index (χ1) is 10.9. The molecule has 0 bridgehead atoms. The molecule has 23 heavy (non-hydrogen) atoms. The monoisotopic (exact) mass is 338 g/mol. The molecular formula is C17H26N2O3S. The maximum atomic E-state index is 12.0. The zero-order chi connectivity index (χ0) is 16.7. The van der Waals surface area contributed by atoms with Crippen molar-refractivity contribution in [3.05, 3.63) is 29.8 Å². The van der Waals surface area contributed by atoms with Crippen LogP contribution in [0.5, 0.6) is 0 Å². The Hall–Kier alpha value is -1.56. The molecule has 0 radical (unpaired) electrons. The summed E-state index contributed by atoms with van der Waals surface area (Å²) < 4.78 is 25.2. The molecule has 0 heterocycles. The van der Waals surface area contributed by atoms with Gasteiger partial charge < -0.3 is 5.32 Å². The van der Waals surface area contributed by atoms with Crippen molar-refractivity contribution in [3.8, 4) is 0 Å². The van der Waals surface area contributed by atoms with E-state index in [1.165, 1.54) is 32.1 Å². The van der Waals surface area contributed by atoms with Crippen LogP contribution in [0, 0.1) is 5.92 Å². The van der Waals surface area contributed by atoms with Crippen molar-refractivity contribution in [1.82, 2.24) is 5.32 Å². The second kappa shape index (κ2) is 8.34. The SMILES string of the molecule is CS(=O)(=O)Nc1ccccc1CNC(=O)CCC1CCCCC1. The summed E-state index contributed by atoms with van der Waals surface area (Å²) in [7, 11) is -3.33. The van der Waals surface area contributed by atoms with E-state index in [-0.39, 0.29) is 5.91 Å². The molecule has 1 saturated carbocycles. The van der Waals surface area contributed by atoms with Gasteiger partial charge in [-0.2, -0.15) is 0 Å². The molecule has 0 aromatic heterocycles. The lowest BCUT2D eigenvalue weighted by atomic mass is 9.86. The average molecular weight is 338 g/mol. The van der Waals surface area contributed by atoms with Gasteiger partial charge in [-0.3, -0.25) is 9.52 Å². The van der Waals surface area contributed by atoms with Gasteiger partial charge in [-0.15, -0.1) is 0 Å². The molecule has 6 heteroatoms. The van der Waals surface area contributed by atoms with E-state index in [1.807, 2.05) is 12.1 Å². The largest absolute Gasteiger partial charge is 0.352 e. The van der Waals surface area contributed by atoms with Crippen molar-refractivity contribution < 1.29 is 13.2 Å². The summed E-state index contributed by atoms with van der Waals surface area (Å²) in [4.78, 5) is 12.0. The van der Waals surface area contributed by atoms with Crippen molar-refractivity contribution in [2.75, 3.05) is 11.0 Å². The molecule has 0 spiro atoms. The van der Waals surface area contributed by atoms with E-state index in [1.54, 1.807) is 12.1 Å². The Morgan fingerprint density at radius 2 is 1.87 bits per heavy atom. The molecule has 1 fully saturated rings. The molecule has 1 amide bonds. The van der Waals surface area contributed by atoms with Crippen molar-refractivity contribution in [3.63, 3.8) is 0 Å². The van der Waals surface area contributed by atoms with Gasteiger partial charge in [0, 0.05) is 13.0 Å². The third-order valence-corrected chi connectivity index (χ3v) is 4.88. The fourth-order valence-corrected chi connectivity index (χ4v) is 3.67. The zero-order valence-electron chi connectivity index (χ0n) is 13.7. The molecule has 128 valence electrons. The lowest BCUT2D eigenvalue weighted by molar-refractivity contribution is -0.121. The van der Waals surface area contributed by atoms with Crippen molar-refractivity contribution in [2.24, 2.45) is 5.92 Å². The number of carbonyl (C=O) groups excluding carboxylic acids is 1. The Balaban J connectivity index is 1.81. The van der Waals surface area contributed by atoms with Crippen LogP contribution in [0.25, 0.3) is 0 Å². The number of hydrogen-bond donors (Lipinski definition) is 2. The first-order valence-corrected chi connectivity index (χ1v) is 10.2. The summed E-state index contributed by atoms with van der Waals surface area (Å²) in [6, 6.07) is 7.11. The number of sulfonamides is 1. The number of benzene rings is 1. The molecule has 1 aliphatic carbocycles. The van der Waals surface area contributed by atoms with Crippen molar-refractivity contribution in [2.45, 2.75) is 51.5 Å². The van der Waals surface area contributed by atoms with Crippen molar-refractivity contribution >= 4 is 21.6 Å². The summed E-state index contributed by atoms with van der Waals surface area (Å²) in [5, 5.41) is 2.89. The van der Waals surface area contributed by atoms with Gasteiger partial charge in [-0.05, 0) is 24.0 Å². The zero-order valence-corrected chi connectivity index (χ0v) is 14.5. The molecule has 1 aromatic rings. The van der Waals surface area contributed by atoms with E-state index in [9.17, 15) is 13.2 Å². The van der Waals surface area contributed by atoms with Gasteiger partial charge in [0.1, 0.15) is 0 Å². The Morgan fingerprint density at radius 3 is 2.57 bits per heavy atom. The predicted octanol–water partition coefficient (Wildman–Crippen LogP) is 3.03. The summed E-state index contributed by atoms with van der Waals surface area (Å²) in [5.41, 5.74) is 1.28. The number of hydrogen-bond acceptors (Lipinski definition) is 3.